The van der Waals surface area contributed by atoms with Gasteiger partial charge in [0.1, 0.15) is 152 Å². The Balaban J connectivity index is 0.000000101. The molecule has 0 radical (unpaired) electrons. The number of carbonyl (C=O) groups excluding carboxylic acids is 4. The molecule has 43 nitrogen and oxygen atoms in total. The van der Waals surface area contributed by atoms with Gasteiger partial charge in [0, 0.05) is 92.8 Å². The lowest BCUT2D eigenvalue weighted by Gasteiger charge is -2.31. The first-order chi connectivity index (χ1) is 57.2. The van der Waals surface area contributed by atoms with Gasteiger partial charge in [-0.15, -0.1) is 0 Å². The van der Waals surface area contributed by atoms with Gasteiger partial charge in [-0.25, -0.2) is 0 Å². The fraction of sp³-hybridized carbons (Fsp3) is 0.932. The molecule has 0 saturated carbocycles. The number of hydrogen-bond acceptors (Lipinski definition) is 43. The molecule has 42 atom stereocenters. The lowest BCUT2D eigenvalue weighted by atomic mass is 9.73. The van der Waals surface area contributed by atoms with Gasteiger partial charge in [0.2, 0.25) is 9.49 Å². The highest BCUT2D eigenvalue weighted by Crippen LogP contribution is 2.67. The van der Waals surface area contributed by atoms with E-state index >= 15 is 0 Å². The number of nitrogens with zero attached hydrogens (tertiary/aromatic N) is 1. The Morgan fingerprint density at radius 3 is 1.39 bits per heavy atom. The summed E-state index contributed by atoms with van der Waals surface area (Å²) in [5, 5.41) is 24.3. The van der Waals surface area contributed by atoms with Crippen LogP contribution in [0.5, 0.6) is 0 Å². The van der Waals surface area contributed by atoms with E-state index in [0.717, 1.165) is 0 Å². The SMILES string of the molecule is CC(=O)OCC12CC3C(COC(C)=O)(O1)C(OS3(=O)=O)C2C.CC1C2CC3(C#N)C(O2)C1OS3(=O)=O.CC1C2CC3(C)C(O2)C1OS3(=O)=O.CC1C2OC3C1OS(=O)(=O)C3C2C.CC1C2OS(=O)(=O)C3CC1(C)OC23C.CC1C2OS(=O)(=O)C3CC1(CO)OC23CO.COC(=O)C12CC3OC1C(OS2(=O)=O)C3C.COC(=O)C1C2OC3C(OS(=O)(=O)C31)C2C. The summed E-state index contributed by atoms with van der Waals surface area (Å²) in [7, 11) is -26.6. The number of carbonyl (C=O) groups is 4. The molecule has 24 aliphatic rings. The molecule has 0 amide bonds. The number of hydrogen-bond donors (Lipinski definition) is 2. The van der Waals surface area contributed by atoms with Gasteiger partial charge in [0.05, 0.1) is 75.2 Å². The number of methoxy groups -OCH3 is 2. The summed E-state index contributed by atoms with van der Waals surface area (Å²) in [5.74, 6) is -2.93. The summed E-state index contributed by atoms with van der Waals surface area (Å²) in [5.41, 5.74) is -5.10. The molecule has 0 aromatic rings. The minimum Gasteiger partial charge on any atom is -0.469 e. The van der Waals surface area contributed by atoms with Crippen molar-refractivity contribution in [2.45, 2.75) is 319 Å². The van der Waals surface area contributed by atoms with Gasteiger partial charge in [-0.2, -0.15) is 72.6 Å². The Labute approximate surface area is 717 Å². The van der Waals surface area contributed by atoms with Crippen LogP contribution in [0.3, 0.4) is 0 Å². The van der Waals surface area contributed by atoms with Gasteiger partial charge < -0.3 is 67.1 Å². The van der Waals surface area contributed by atoms with Crippen LogP contribution in [0.4, 0.5) is 0 Å². The van der Waals surface area contributed by atoms with Gasteiger partial charge >= 0.3 is 23.9 Å². The third-order valence-electron chi connectivity index (χ3n) is 32.0. The molecule has 24 aliphatic heterocycles. The smallest absolute Gasteiger partial charge is 0.332 e. The van der Waals surface area contributed by atoms with Crippen molar-refractivity contribution in [2.75, 3.05) is 40.6 Å². The normalized spacial score (nSPS) is 55.2. The van der Waals surface area contributed by atoms with E-state index in [2.05, 4.69) is 9.47 Å². The van der Waals surface area contributed by atoms with E-state index in [4.69, 9.17) is 86.1 Å². The Morgan fingerprint density at radius 1 is 0.403 bits per heavy atom. The van der Waals surface area contributed by atoms with Crippen LogP contribution in [0, 0.1) is 70.5 Å². The Hall–Kier alpha value is -3.75. The number of aliphatic hydroxyl groups excluding tert-OH is 2. The van der Waals surface area contributed by atoms with Crippen LogP contribution in [0.2, 0.25) is 0 Å². The number of aliphatic hydroxyl groups is 2. The zero-order valence-electron chi connectivity index (χ0n) is 70.1. The van der Waals surface area contributed by atoms with E-state index in [1.54, 1.807) is 20.8 Å². The first kappa shape index (κ1) is 92.1. The molecule has 24 saturated heterocycles. The molecule has 51 heteroatoms. The molecule has 0 aliphatic carbocycles. The molecule has 16 bridgehead atoms. The Morgan fingerprint density at radius 2 is 0.871 bits per heavy atom. The quantitative estimate of drug-likeness (QED) is 0.150. The third kappa shape index (κ3) is 12.3. The lowest BCUT2D eigenvalue weighted by Crippen LogP contribution is -2.52. The highest BCUT2D eigenvalue weighted by molar-refractivity contribution is 7.90. The van der Waals surface area contributed by atoms with Crippen molar-refractivity contribution >= 4 is 105 Å². The molecule has 24 rings (SSSR count). The lowest BCUT2D eigenvalue weighted by molar-refractivity contribution is -0.162. The highest BCUT2D eigenvalue weighted by Gasteiger charge is 2.84. The van der Waals surface area contributed by atoms with Crippen molar-refractivity contribution in [3.05, 3.63) is 0 Å². The maximum Gasteiger partial charge on any atom is 0.332 e. The van der Waals surface area contributed by atoms with Crippen LogP contribution in [0.15, 0.2) is 0 Å². The van der Waals surface area contributed by atoms with Crippen LogP contribution in [0.25, 0.3) is 0 Å². The Kier molecular flexibility index (Phi) is 21.5. The zero-order chi connectivity index (χ0) is 90.8. The predicted octanol–water partition coefficient (Wildman–Crippen LogP) is -2.03. The van der Waals surface area contributed by atoms with E-state index < -0.39 is 241 Å². The fourth-order valence-corrected chi connectivity index (χ4v) is 40.0. The third-order valence-corrected chi connectivity index (χ3v) is 46.7. The van der Waals surface area contributed by atoms with Crippen molar-refractivity contribution < 1.29 is 187 Å². The maximum absolute atomic E-state index is 12.2. The first-order valence-corrected chi connectivity index (χ1v) is 52.7. The maximum atomic E-state index is 12.2. The summed E-state index contributed by atoms with van der Waals surface area (Å²) in [6.45, 7) is 24.4. The number of rotatable bonds is 8. The van der Waals surface area contributed by atoms with Crippen LogP contribution in [-0.2, 0) is 190 Å². The monoisotopic (exact) mass is 1920 g/mol. The second kappa shape index (κ2) is 28.9. The van der Waals surface area contributed by atoms with Gasteiger partial charge in [0.25, 0.3) is 80.9 Å². The molecule has 24 fully saturated rings. The number of esters is 4. The molecule has 0 aromatic carbocycles. The second-order valence-corrected chi connectivity index (χ2v) is 52.6. The van der Waals surface area contributed by atoms with Crippen molar-refractivity contribution in [3.8, 4) is 6.07 Å². The van der Waals surface area contributed by atoms with Gasteiger partial charge in [-0.1, -0.05) is 62.3 Å². The minimum atomic E-state index is -3.94. The van der Waals surface area contributed by atoms with Crippen LogP contribution in [-0.4, -0.2) is 326 Å². The molecular formula is C73H103NO42S8. The number of fused-ring (bicyclic) bond motifs is 8. The second-order valence-electron chi connectivity index (χ2n) is 38.2. The zero-order valence-corrected chi connectivity index (χ0v) is 76.6. The highest BCUT2D eigenvalue weighted by atomic mass is 32.3. The molecule has 0 aromatic heterocycles. The standard InChI is InChI=1S/C13H18O8S.C9H14O6S.2C9H12O6S.C9H14O4S.C8H9NO4S.2C8H12O4S/c1-7-11-13(6-19-9(3)15)10(22(16,17)20-11)4-12(7,21-13)5-18-8(2)14;1-5-7-9(4-11)6(16(12,13)14-7)2-8(5,3-10)15-9;1-4-5-3-9(8(10)13-2)7(14-5)6(4)15-16(9,11)12;1-3-5-4(9(10)13-2)8-7(14-5)6(3)15-16(8,11)12;1-5-7-9(3)6(14(10,11)12-7)4-8(5,2)13-9;1-4-5-2-8(3-9)7(12-5)6(4)13-14(8,10)11;1-4-5-3-8(2)7(11-5)6(4)12-13(8,9)10;1-3-5-4(2)8-7(11-5)6(3)12-13(8,9)10/h7,10-11H,4-6H2,1-3H3;5-7,10-11H,2-4H2,1H3;4-7H,3H2,1-2H3;3-8H,1-2H3;5-7H,4H2,1-3H3;4-7H,2H2,1H3;4-7H,3H2,1-2H3;3-8H,1-2H3. The predicted molar refractivity (Wildman–Crippen MR) is 408 cm³/mol. The van der Waals surface area contributed by atoms with E-state index in [9.17, 15) is 96.7 Å². The summed E-state index contributed by atoms with van der Waals surface area (Å²) in [6, 6.07) is 1.87. The Bertz CT molecular complexity index is 5510. The molecular weight excluding hydrogens is 1820 g/mol. The minimum absolute atomic E-state index is 0.0000520. The largest absolute Gasteiger partial charge is 0.469 e. The average Bonchev–Trinajstić information content (AvgIpc) is 1.48. The number of nitriles is 1. The van der Waals surface area contributed by atoms with Gasteiger partial charge in [0.15, 0.2) is 0 Å². The fourth-order valence-electron chi connectivity index (χ4n) is 24.9. The van der Waals surface area contributed by atoms with E-state index in [0.29, 0.717) is 12.8 Å². The van der Waals surface area contributed by atoms with E-state index in [1.807, 2.05) is 68.4 Å². The van der Waals surface area contributed by atoms with Gasteiger partial charge in [-0.05, 0) is 33.6 Å². The van der Waals surface area contributed by atoms with Crippen molar-refractivity contribution in [1.82, 2.24) is 0 Å². The summed E-state index contributed by atoms with van der Waals surface area (Å²) in [6.07, 6.45) is -4.44. The van der Waals surface area contributed by atoms with Crippen molar-refractivity contribution in [1.29, 1.82) is 5.26 Å². The van der Waals surface area contributed by atoms with Gasteiger partial charge in [-0.3, -0.25) is 52.6 Å². The van der Waals surface area contributed by atoms with Crippen LogP contribution < -0.4 is 0 Å². The molecule has 700 valence electrons. The summed E-state index contributed by atoms with van der Waals surface area (Å²) in [4.78, 5) is 45.5. The van der Waals surface area contributed by atoms with Crippen LogP contribution >= 0.6 is 0 Å². The summed E-state index contributed by atoms with van der Waals surface area (Å²) < 4.78 is 290. The van der Waals surface area contributed by atoms with Crippen molar-refractivity contribution in [3.63, 3.8) is 0 Å². The molecule has 24 heterocycles. The summed E-state index contributed by atoms with van der Waals surface area (Å²) >= 11 is 0. The van der Waals surface area contributed by atoms with Crippen molar-refractivity contribution in [2.24, 2.45) is 59.2 Å². The molecule has 124 heavy (non-hydrogen) atoms. The molecule has 2 N–H and O–H groups in total. The number of ether oxygens (including phenoxy) is 12. The first-order valence-electron chi connectivity index (χ1n) is 41.1. The topological polar surface area (TPSA) is 590 Å². The van der Waals surface area contributed by atoms with E-state index in [1.165, 1.54) is 28.1 Å². The average molecular weight is 1920 g/mol. The molecule has 42 unspecified atom stereocenters. The molecule has 0 spiro atoms. The van der Waals surface area contributed by atoms with Crippen LogP contribution in [0.1, 0.15) is 135 Å². The van der Waals surface area contributed by atoms with E-state index in [-0.39, 0.29) is 159 Å².